The molecule has 0 radical (unpaired) electrons. The summed E-state index contributed by atoms with van der Waals surface area (Å²) in [5.41, 5.74) is -4.20. The van der Waals surface area contributed by atoms with Crippen molar-refractivity contribution in [2.24, 2.45) is 0 Å². The van der Waals surface area contributed by atoms with Crippen molar-refractivity contribution in [3.63, 3.8) is 0 Å². The van der Waals surface area contributed by atoms with E-state index in [0.717, 1.165) is 4.31 Å². The molecule has 41 heavy (non-hydrogen) atoms. The molecule has 0 unspecified atom stereocenters. The molecule has 224 valence electrons. The van der Waals surface area contributed by atoms with Crippen LogP contribution in [0.2, 0.25) is 10.0 Å². The van der Waals surface area contributed by atoms with Gasteiger partial charge in [0.05, 0.1) is 38.7 Å². The standard InChI is InChI=1S/C23H23Cl2F3N4O7S2/c1-2-40(35,36)18-4-3-14(24)9-13(18)11-32-21(33)15-10-17(23(26,27)28)16(19(25)20(15)29-22(32)34)12-30-5-7-31(8-6-30)41(37,38)39/h3-4,9-10H,2,5-8,11-12H2,1H3,(H,29,34)(H,37,38,39). The number of rotatable bonds is 7. The number of nitrogens with one attached hydrogen (secondary N) is 1. The third-order valence-electron chi connectivity index (χ3n) is 6.73. The Bertz CT molecular complexity index is 1850. The third-order valence-corrected chi connectivity index (χ3v) is 10.2. The number of piperazine rings is 1. The van der Waals surface area contributed by atoms with Crippen LogP contribution >= 0.6 is 23.2 Å². The molecule has 1 saturated heterocycles. The summed E-state index contributed by atoms with van der Waals surface area (Å²) in [5, 5.41) is -0.959. The Morgan fingerprint density at radius 2 is 1.63 bits per heavy atom. The van der Waals surface area contributed by atoms with Crippen molar-refractivity contribution in [2.45, 2.75) is 31.1 Å². The van der Waals surface area contributed by atoms with Crippen LogP contribution in [0.25, 0.3) is 10.9 Å². The van der Waals surface area contributed by atoms with Gasteiger partial charge in [0, 0.05) is 37.7 Å². The first-order valence-corrected chi connectivity index (χ1v) is 15.8. The first-order chi connectivity index (χ1) is 18.9. The molecule has 1 fully saturated rings. The molecule has 0 saturated carbocycles. The number of aromatic nitrogens is 2. The summed E-state index contributed by atoms with van der Waals surface area (Å²) < 4.78 is 101. The van der Waals surface area contributed by atoms with E-state index in [-0.39, 0.29) is 52.9 Å². The zero-order valence-corrected chi connectivity index (χ0v) is 24.3. The molecule has 0 spiro atoms. The first kappa shape index (κ1) is 31.5. The number of alkyl halides is 3. The molecular weight excluding hydrogens is 636 g/mol. The minimum absolute atomic E-state index is 0.00546. The lowest BCUT2D eigenvalue weighted by Gasteiger charge is -2.33. The SMILES string of the molecule is CCS(=O)(=O)c1ccc(Cl)cc1Cn1c(=O)[nH]c2c(Cl)c(CN3CCN(S(=O)(=O)O)CC3)c(C(F)(F)F)cc2c1=O. The van der Waals surface area contributed by atoms with Gasteiger partial charge in [0.2, 0.25) is 0 Å². The number of hydrogen-bond acceptors (Lipinski definition) is 7. The quantitative estimate of drug-likeness (QED) is 0.368. The normalized spacial score (nSPS) is 16.0. The Hall–Kier alpha value is -2.47. The van der Waals surface area contributed by atoms with Gasteiger partial charge in [-0.15, -0.1) is 0 Å². The van der Waals surface area contributed by atoms with Crippen LogP contribution in [0.5, 0.6) is 0 Å². The van der Waals surface area contributed by atoms with E-state index in [1.165, 1.54) is 30.0 Å². The topological polar surface area (TPSA) is 150 Å². The fourth-order valence-electron chi connectivity index (χ4n) is 4.59. The van der Waals surface area contributed by atoms with Gasteiger partial charge in [-0.3, -0.25) is 18.8 Å². The van der Waals surface area contributed by atoms with Gasteiger partial charge >= 0.3 is 22.2 Å². The second-order valence-corrected chi connectivity index (χ2v) is 13.7. The van der Waals surface area contributed by atoms with Crippen molar-refractivity contribution >= 4 is 54.2 Å². The highest BCUT2D eigenvalue weighted by molar-refractivity contribution is 7.91. The number of halogens is 5. The number of aromatic amines is 1. The molecule has 2 N–H and O–H groups in total. The van der Waals surface area contributed by atoms with Crippen LogP contribution in [0, 0.1) is 0 Å². The summed E-state index contributed by atoms with van der Waals surface area (Å²) in [5.74, 6) is -0.289. The lowest BCUT2D eigenvalue weighted by Crippen LogP contribution is -2.48. The number of nitrogens with zero attached hydrogens (tertiary/aromatic N) is 3. The van der Waals surface area contributed by atoms with E-state index in [1.54, 1.807) is 0 Å². The molecule has 2 aromatic carbocycles. The van der Waals surface area contributed by atoms with Gasteiger partial charge < -0.3 is 4.98 Å². The van der Waals surface area contributed by atoms with Crippen LogP contribution in [0.1, 0.15) is 23.6 Å². The van der Waals surface area contributed by atoms with E-state index < -0.39 is 72.2 Å². The molecule has 1 aromatic heterocycles. The molecule has 18 heteroatoms. The Balaban J connectivity index is 1.82. The molecule has 1 aliphatic rings. The van der Waals surface area contributed by atoms with Crippen LogP contribution in [0.4, 0.5) is 13.2 Å². The molecule has 0 atom stereocenters. The number of sulfone groups is 1. The molecule has 3 aromatic rings. The molecular formula is C23H23Cl2F3N4O7S2. The van der Waals surface area contributed by atoms with Gasteiger partial charge in [-0.2, -0.15) is 25.9 Å². The highest BCUT2D eigenvalue weighted by Gasteiger charge is 2.37. The lowest BCUT2D eigenvalue weighted by atomic mass is 10.0. The zero-order valence-electron chi connectivity index (χ0n) is 21.2. The maximum absolute atomic E-state index is 14.2. The number of hydrogen-bond donors (Lipinski definition) is 2. The Morgan fingerprint density at radius 3 is 2.20 bits per heavy atom. The van der Waals surface area contributed by atoms with Crippen molar-refractivity contribution in [3.8, 4) is 0 Å². The van der Waals surface area contributed by atoms with E-state index in [2.05, 4.69) is 4.98 Å². The Morgan fingerprint density at radius 1 is 1.00 bits per heavy atom. The van der Waals surface area contributed by atoms with Crippen LogP contribution in [0.15, 0.2) is 38.8 Å². The molecule has 1 aliphatic heterocycles. The summed E-state index contributed by atoms with van der Waals surface area (Å²) in [6.45, 7) is 0.0128. The zero-order chi connectivity index (χ0) is 30.5. The summed E-state index contributed by atoms with van der Waals surface area (Å²) in [7, 11) is -8.27. The van der Waals surface area contributed by atoms with Crippen molar-refractivity contribution in [3.05, 3.63) is 71.8 Å². The summed E-state index contributed by atoms with van der Waals surface area (Å²) in [6, 6.07) is 4.36. The van der Waals surface area contributed by atoms with Crippen LogP contribution in [0.3, 0.4) is 0 Å². The number of H-pyrrole nitrogens is 1. The highest BCUT2D eigenvalue weighted by Crippen LogP contribution is 2.38. The van der Waals surface area contributed by atoms with Gasteiger partial charge in [-0.25, -0.2) is 13.2 Å². The molecule has 0 bridgehead atoms. The van der Waals surface area contributed by atoms with E-state index >= 15 is 0 Å². The summed E-state index contributed by atoms with van der Waals surface area (Å²) in [4.78, 5) is 30.0. The lowest BCUT2D eigenvalue weighted by molar-refractivity contribution is -0.138. The van der Waals surface area contributed by atoms with Gasteiger partial charge in [0.1, 0.15) is 0 Å². The maximum Gasteiger partial charge on any atom is 0.416 e. The smallest absolute Gasteiger partial charge is 0.305 e. The van der Waals surface area contributed by atoms with Crippen LogP contribution in [-0.2, 0) is 39.4 Å². The number of benzene rings is 2. The second kappa shape index (κ2) is 11.3. The van der Waals surface area contributed by atoms with Gasteiger partial charge in [-0.05, 0) is 35.4 Å². The van der Waals surface area contributed by atoms with Crippen molar-refractivity contribution in [1.82, 2.24) is 18.8 Å². The Labute approximate surface area is 241 Å². The summed E-state index contributed by atoms with van der Waals surface area (Å²) >= 11 is 12.4. The van der Waals surface area contributed by atoms with E-state index in [9.17, 15) is 44.1 Å². The fourth-order valence-corrected chi connectivity index (χ4v) is 6.83. The van der Waals surface area contributed by atoms with Crippen molar-refractivity contribution in [2.75, 3.05) is 31.9 Å². The van der Waals surface area contributed by atoms with Gasteiger partial charge in [-0.1, -0.05) is 30.1 Å². The minimum Gasteiger partial charge on any atom is -0.305 e. The molecule has 11 nitrogen and oxygen atoms in total. The summed E-state index contributed by atoms with van der Waals surface area (Å²) in [6.07, 6.45) is -4.97. The monoisotopic (exact) mass is 658 g/mol. The largest absolute Gasteiger partial charge is 0.416 e. The van der Waals surface area contributed by atoms with E-state index in [1.807, 2.05) is 0 Å². The molecule has 4 rings (SSSR count). The first-order valence-electron chi connectivity index (χ1n) is 12.0. The van der Waals surface area contributed by atoms with Crippen molar-refractivity contribution in [1.29, 1.82) is 0 Å². The Kier molecular flexibility index (Phi) is 8.68. The fraction of sp³-hybridized carbons (Fsp3) is 0.391. The van der Waals surface area contributed by atoms with E-state index in [4.69, 9.17) is 23.2 Å². The van der Waals surface area contributed by atoms with Gasteiger partial charge in [0.25, 0.3) is 5.56 Å². The van der Waals surface area contributed by atoms with Gasteiger partial charge in [0.15, 0.2) is 9.84 Å². The number of fused-ring (bicyclic) bond motifs is 1. The van der Waals surface area contributed by atoms with Crippen molar-refractivity contribution < 1.29 is 34.6 Å². The average molecular weight is 659 g/mol. The van der Waals surface area contributed by atoms with Crippen LogP contribution < -0.4 is 11.2 Å². The minimum atomic E-state index is -4.97. The molecule has 0 aliphatic carbocycles. The molecule has 2 heterocycles. The predicted octanol–water partition coefficient (Wildman–Crippen LogP) is 2.78. The van der Waals surface area contributed by atoms with E-state index in [0.29, 0.717) is 10.6 Å². The maximum atomic E-state index is 14.2. The van der Waals surface area contributed by atoms with Crippen LogP contribution in [-0.4, -0.2) is 72.1 Å². The predicted molar refractivity (Wildman–Crippen MR) is 146 cm³/mol. The highest BCUT2D eigenvalue weighted by atomic mass is 35.5. The second-order valence-electron chi connectivity index (χ2n) is 9.27. The third kappa shape index (κ3) is 6.48. The molecule has 0 amide bonds. The average Bonchev–Trinajstić information content (AvgIpc) is 2.87.